The summed E-state index contributed by atoms with van der Waals surface area (Å²) in [6.07, 6.45) is 0.703. The third kappa shape index (κ3) is 5.10. The van der Waals surface area contributed by atoms with E-state index in [-0.39, 0.29) is 16.8 Å². The number of rotatable bonds is 6. The number of carbonyl (C=O) groups is 2. The van der Waals surface area contributed by atoms with Crippen molar-refractivity contribution in [3.8, 4) is 0 Å². The molecule has 200 valence electrons. The van der Waals surface area contributed by atoms with Crippen LogP contribution in [0.15, 0.2) is 59.5 Å². The Bertz CT molecular complexity index is 1520. The van der Waals surface area contributed by atoms with Gasteiger partial charge in [0.2, 0.25) is 15.9 Å². The summed E-state index contributed by atoms with van der Waals surface area (Å²) >= 11 is 6.03. The van der Waals surface area contributed by atoms with Gasteiger partial charge in [0.05, 0.1) is 10.9 Å². The lowest BCUT2D eigenvalue weighted by Crippen LogP contribution is -2.42. The van der Waals surface area contributed by atoms with Gasteiger partial charge >= 0.3 is 6.09 Å². The molecule has 5 rings (SSSR count). The van der Waals surface area contributed by atoms with E-state index >= 15 is 0 Å². The summed E-state index contributed by atoms with van der Waals surface area (Å²) in [5, 5.41) is 11.8. The molecule has 2 atom stereocenters. The molecule has 38 heavy (non-hydrogen) atoms. The monoisotopic (exact) mass is 555 g/mol. The highest BCUT2D eigenvalue weighted by atomic mass is 35.5. The first-order chi connectivity index (χ1) is 18.0. The van der Waals surface area contributed by atoms with E-state index in [1.165, 1.54) is 11.0 Å². The molecular weight excluding hydrogens is 526 g/mol. The van der Waals surface area contributed by atoms with Crippen molar-refractivity contribution < 1.29 is 23.1 Å². The predicted octanol–water partition coefficient (Wildman–Crippen LogP) is 5.20. The molecule has 0 radical (unpaired) electrons. The Labute approximate surface area is 227 Å². The van der Waals surface area contributed by atoms with E-state index in [0.29, 0.717) is 49.0 Å². The van der Waals surface area contributed by atoms with Crippen LogP contribution in [-0.4, -0.2) is 49.6 Å². The van der Waals surface area contributed by atoms with Crippen molar-refractivity contribution in [1.29, 1.82) is 0 Å². The lowest BCUT2D eigenvalue weighted by atomic mass is 9.87. The Hall–Kier alpha value is -3.14. The SMILES string of the molecule is CC(C)CC1c2ccc(N3CC[C@H](NS(=O)(=O)c4ccc5cc(Cl)ccc5c4)C3=O)cc2CCN1C(=O)O. The summed E-state index contributed by atoms with van der Waals surface area (Å²) in [7, 11) is -3.92. The van der Waals surface area contributed by atoms with Crippen LogP contribution in [0.5, 0.6) is 0 Å². The molecule has 2 aliphatic rings. The van der Waals surface area contributed by atoms with Gasteiger partial charge in [0, 0.05) is 23.8 Å². The number of halogens is 1. The summed E-state index contributed by atoms with van der Waals surface area (Å²) in [5.41, 5.74) is 2.70. The maximum absolute atomic E-state index is 13.3. The maximum Gasteiger partial charge on any atom is 0.407 e. The number of nitrogens with zero attached hydrogens (tertiary/aromatic N) is 2. The molecule has 0 aromatic heterocycles. The van der Waals surface area contributed by atoms with Crippen molar-refractivity contribution >= 4 is 50.1 Å². The molecule has 0 saturated carbocycles. The van der Waals surface area contributed by atoms with E-state index in [9.17, 15) is 23.1 Å². The molecule has 1 fully saturated rings. The van der Waals surface area contributed by atoms with Crippen LogP contribution in [0, 0.1) is 5.92 Å². The molecule has 1 unspecified atom stereocenters. The number of fused-ring (bicyclic) bond motifs is 2. The number of hydrogen-bond acceptors (Lipinski definition) is 4. The smallest absolute Gasteiger partial charge is 0.407 e. The molecule has 0 bridgehead atoms. The van der Waals surface area contributed by atoms with Gasteiger partial charge in [0.25, 0.3) is 0 Å². The molecule has 3 aromatic rings. The van der Waals surface area contributed by atoms with Gasteiger partial charge in [-0.2, -0.15) is 4.72 Å². The van der Waals surface area contributed by atoms with Gasteiger partial charge in [0.1, 0.15) is 6.04 Å². The van der Waals surface area contributed by atoms with E-state index in [4.69, 9.17) is 11.6 Å². The lowest BCUT2D eigenvalue weighted by molar-refractivity contribution is -0.118. The van der Waals surface area contributed by atoms with Gasteiger partial charge in [-0.1, -0.05) is 43.6 Å². The standard InChI is InChI=1S/C28H30ClN3O5S/c1-17(2)13-26-24-8-6-22(15-20(24)9-11-32(26)28(34)35)31-12-10-25(27(31)33)30-38(36,37)23-7-4-18-14-21(29)5-3-19(18)16-23/h3-8,14-17,25-26,30H,9-13H2,1-2H3,(H,34,35)/t25-,26?/m0/s1. The molecule has 2 amide bonds. The first-order valence-electron chi connectivity index (χ1n) is 12.7. The molecule has 0 aliphatic carbocycles. The molecule has 2 heterocycles. The second-order valence-corrected chi connectivity index (χ2v) is 12.5. The van der Waals surface area contributed by atoms with Crippen molar-refractivity contribution in [1.82, 2.24) is 9.62 Å². The van der Waals surface area contributed by atoms with Crippen molar-refractivity contribution in [2.45, 2.75) is 50.1 Å². The summed E-state index contributed by atoms with van der Waals surface area (Å²) < 4.78 is 28.8. The van der Waals surface area contributed by atoms with E-state index in [1.54, 1.807) is 35.2 Å². The fourth-order valence-electron chi connectivity index (χ4n) is 5.46. The minimum atomic E-state index is -3.92. The summed E-state index contributed by atoms with van der Waals surface area (Å²) in [5.74, 6) is 0.0182. The van der Waals surface area contributed by atoms with Crippen LogP contribution in [0.2, 0.25) is 5.02 Å². The van der Waals surface area contributed by atoms with Crippen molar-refractivity contribution in [2.75, 3.05) is 18.0 Å². The van der Waals surface area contributed by atoms with E-state index in [2.05, 4.69) is 18.6 Å². The van der Waals surface area contributed by atoms with Gasteiger partial charge in [-0.15, -0.1) is 0 Å². The summed E-state index contributed by atoms with van der Waals surface area (Å²) in [6.45, 7) is 4.93. The number of sulfonamides is 1. The first-order valence-corrected chi connectivity index (χ1v) is 14.5. The summed E-state index contributed by atoms with van der Waals surface area (Å²) in [6, 6.07) is 14.6. The highest BCUT2D eigenvalue weighted by molar-refractivity contribution is 7.89. The Morgan fingerprint density at radius 1 is 1.08 bits per heavy atom. The van der Waals surface area contributed by atoms with Gasteiger partial charge in [-0.05, 0) is 83.5 Å². The number of carboxylic acid groups (broad SMARTS) is 1. The Morgan fingerprint density at radius 3 is 2.55 bits per heavy atom. The Kier molecular flexibility index (Phi) is 7.11. The first kappa shape index (κ1) is 26.5. The molecule has 3 aromatic carbocycles. The highest BCUT2D eigenvalue weighted by Crippen LogP contribution is 2.37. The Morgan fingerprint density at radius 2 is 1.82 bits per heavy atom. The van der Waals surface area contributed by atoms with Crippen LogP contribution >= 0.6 is 11.6 Å². The zero-order valence-electron chi connectivity index (χ0n) is 21.2. The predicted molar refractivity (Wildman–Crippen MR) is 147 cm³/mol. The van der Waals surface area contributed by atoms with Gasteiger partial charge in [-0.3, -0.25) is 4.79 Å². The molecule has 1 saturated heterocycles. The van der Waals surface area contributed by atoms with Crippen LogP contribution in [-0.2, 0) is 21.2 Å². The number of hydrogen-bond donors (Lipinski definition) is 2. The van der Waals surface area contributed by atoms with E-state index in [0.717, 1.165) is 21.9 Å². The molecular formula is C28H30ClN3O5S. The van der Waals surface area contributed by atoms with Crippen LogP contribution in [0.1, 0.15) is 43.9 Å². The zero-order chi connectivity index (χ0) is 27.2. The second kappa shape index (κ2) is 10.2. The van der Waals surface area contributed by atoms with Crippen molar-refractivity contribution in [3.05, 3.63) is 70.7 Å². The number of anilines is 1. The third-order valence-electron chi connectivity index (χ3n) is 7.32. The topological polar surface area (TPSA) is 107 Å². The summed E-state index contributed by atoms with van der Waals surface area (Å²) in [4.78, 5) is 28.3. The Balaban J connectivity index is 1.34. The third-order valence-corrected chi connectivity index (χ3v) is 9.03. The molecule has 2 N–H and O–H groups in total. The van der Waals surface area contributed by atoms with Gasteiger partial charge < -0.3 is 14.9 Å². The van der Waals surface area contributed by atoms with E-state index in [1.807, 2.05) is 18.2 Å². The normalized spacial score (nSPS) is 19.8. The van der Waals surface area contributed by atoms with Crippen LogP contribution < -0.4 is 9.62 Å². The quantitative estimate of drug-likeness (QED) is 0.435. The lowest BCUT2D eigenvalue weighted by Gasteiger charge is -2.37. The number of amides is 2. The second-order valence-electron chi connectivity index (χ2n) is 10.4. The average molecular weight is 556 g/mol. The van der Waals surface area contributed by atoms with E-state index < -0.39 is 22.2 Å². The molecule has 10 heteroatoms. The molecule has 2 aliphatic heterocycles. The highest BCUT2D eigenvalue weighted by Gasteiger charge is 2.37. The number of carbonyl (C=O) groups excluding carboxylic acids is 1. The van der Waals surface area contributed by atoms with Gasteiger partial charge in [0.15, 0.2) is 0 Å². The minimum Gasteiger partial charge on any atom is -0.465 e. The van der Waals surface area contributed by atoms with Crippen molar-refractivity contribution in [2.24, 2.45) is 5.92 Å². The van der Waals surface area contributed by atoms with Crippen LogP contribution in [0.3, 0.4) is 0 Å². The number of benzene rings is 3. The average Bonchev–Trinajstić information content (AvgIpc) is 3.22. The fourth-order valence-corrected chi connectivity index (χ4v) is 6.90. The van der Waals surface area contributed by atoms with Crippen molar-refractivity contribution in [3.63, 3.8) is 0 Å². The van der Waals surface area contributed by atoms with Crippen LogP contribution in [0.4, 0.5) is 10.5 Å². The fraction of sp³-hybridized carbons (Fsp3) is 0.357. The minimum absolute atomic E-state index is 0.0894. The zero-order valence-corrected chi connectivity index (χ0v) is 22.8. The molecule has 0 spiro atoms. The van der Waals surface area contributed by atoms with Gasteiger partial charge in [-0.25, -0.2) is 13.2 Å². The maximum atomic E-state index is 13.3. The molecule has 8 nitrogen and oxygen atoms in total. The number of nitrogens with one attached hydrogen (secondary N) is 1. The van der Waals surface area contributed by atoms with Crippen LogP contribution in [0.25, 0.3) is 10.8 Å². The largest absolute Gasteiger partial charge is 0.465 e.